The van der Waals surface area contributed by atoms with Crippen LogP contribution >= 0.6 is 0 Å². The molecule has 0 aliphatic heterocycles. The summed E-state index contributed by atoms with van der Waals surface area (Å²) < 4.78 is 7.18. The first-order valence-electron chi connectivity index (χ1n) is 7.04. The first kappa shape index (κ1) is 15.3. The van der Waals surface area contributed by atoms with E-state index in [4.69, 9.17) is 4.74 Å². The molecule has 0 aliphatic carbocycles. The highest BCUT2D eigenvalue weighted by molar-refractivity contribution is 5.39. The number of aryl methyl sites for hydroxylation is 2. The van der Waals surface area contributed by atoms with Gasteiger partial charge in [0, 0.05) is 23.9 Å². The second-order valence-electron chi connectivity index (χ2n) is 5.24. The van der Waals surface area contributed by atoms with Crippen LogP contribution in [0, 0.1) is 13.8 Å². The average molecular weight is 286 g/mol. The number of benzene rings is 1. The molecule has 0 saturated heterocycles. The highest BCUT2D eigenvalue weighted by Gasteiger charge is 2.16. The molecule has 1 unspecified atom stereocenters. The lowest BCUT2D eigenvalue weighted by Crippen LogP contribution is -2.29. The van der Waals surface area contributed by atoms with Gasteiger partial charge in [-0.1, -0.05) is 23.8 Å². The molecule has 1 heterocycles. The van der Waals surface area contributed by atoms with Crippen molar-refractivity contribution in [2.75, 3.05) is 14.2 Å². The largest absolute Gasteiger partial charge is 0.496 e. The third-order valence-electron chi connectivity index (χ3n) is 3.70. The van der Waals surface area contributed by atoms with Crippen molar-refractivity contribution in [3.8, 4) is 5.75 Å². The molecule has 1 aromatic heterocycles. The highest BCUT2D eigenvalue weighted by atomic mass is 16.5. The van der Waals surface area contributed by atoms with E-state index in [0.29, 0.717) is 6.54 Å². The smallest absolute Gasteiger partial charge is 0.253 e. The quantitative estimate of drug-likeness (QED) is 0.918. The monoisotopic (exact) mass is 286 g/mol. The Morgan fingerprint density at radius 1 is 1.29 bits per heavy atom. The fourth-order valence-electron chi connectivity index (χ4n) is 2.47. The van der Waals surface area contributed by atoms with Crippen LogP contribution in [0.3, 0.4) is 0 Å². The number of nitrogens with zero attached hydrogens (tertiary/aromatic N) is 1. The second-order valence-corrected chi connectivity index (χ2v) is 5.24. The van der Waals surface area contributed by atoms with E-state index in [1.165, 1.54) is 5.56 Å². The fourth-order valence-corrected chi connectivity index (χ4v) is 2.47. The Bertz CT molecular complexity index is 677. The molecule has 0 fully saturated rings. The predicted molar refractivity (Wildman–Crippen MR) is 85.0 cm³/mol. The minimum atomic E-state index is 0.0133. The number of nitrogens with one attached hydrogen (secondary N) is 1. The maximum atomic E-state index is 12.2. The highest BCUT2D eigenvalue weighted by Crippen LogP contribution is 2.27. The van der Waals surface area contributed by atoms with E-state index in [2.05, 4.69) is 18.3 Å². The number of pyridine rings is 1. The Hall–Kier alpha value is -2.07. The summed E-state index contributed by atoms with van der Waals surface area (Å²) in [5, 5.41) is 3.28. The molecule has 0 aliphatic rings. The minimum absolute atomic E-state index is 0.0133. The Labute approximate surface area is 125 Å². The number of hydrogen-bond donors (Lipinski definition) is 1. The summed E-state index contributed by atoms with van der Waals surface area (Å²) in [5.74, 6) is 0.834. The van der Waals surface area contributed by atoms with Crippen molar-refractivity contribution in [2.45, 2.75) is 26.4 Å². The summed E-state index contributed by atoms with van der Waals surface area (Å²) in [7, 11) is 3.56. The van der Waals surface area contributed by atoms with Gasteiger partial charge < -0.3 is 14.6 Å². The van der Waals surface area contributed by atoms with Crippen LogP contribution in [-0.2, 0) is 6.54 Å². The van der Waals surface area contributed by atoms with Gasteiger partial charge in [0.2, 0.25) is 0 Å². The lowest BCUT2D eigenvalue weighted by molar-refractivity contribution is 0.393. The van der Waals surface area contributed by atoms with Gasteiger partial charge in [-0.3, -0.25) is 4.79 Å². The molecular formula is C17H22N2O2. The molecule has 1 aromatic carbocycles. The van der Waals surface area contributed by atoms with Gasteiger partial charge in [-0.2, -0.15) is 0 Å². The summed E-state index contributed by atoms with van der Waals surface area (Å²) in [6.45, 7) is 4.45. The molecule has 0 bridgehead atoms. The van der Waals surface area contributed by atoms with Gasteiger partial charge in [0.25, 0.3) is 5.56 Å². The molecule has 1 N–H and O–H groups in total. The Balaban J connectivity index is 2.39. The van der Waals surface area contributed by atoms with Gasteiger partial charge in [-0.15, -0.1) is 0 Å². The van der Waals surface area contributed by atoms with E-state index in [9.17, 15) is 4.79 Å². The van der Waals surface area contributed by atoms with Crippen molar-refractivity contribution in [1.29, 1.82) is 0 Å². The van der Waals surface area contributed by atoms with Crippen LogP contribution in [0.5, 0.6) is 5.75 Å². The maximum absolute atomic E-state index is 12.2. The summed E-state index contributed by atoms with van der Waals surface area (Å²) in [5.41, 5.74) is 3.03. The number of rotatable bonds is 5. The summed E-state index contributed by atoms with van der Waals surface area (Å²) in [4.78, 5) is 12.2. The van der Waals surface area contributed by atoms with Crippen LogP contribution in [0.25, 0.3) is 0 Å². The molecule has 0 radical (unpaired) electrons. The van der Waals surface area contributed by atoms with Crippen molar-refractivity contribution in [2.24, 2.45) is 0 Å². The third kappa shape index (κ3) is 3.34. The SMILES string of the molecule is CNC(Cn1cccc(C)c1=O)c1cc(C)ccc1OC. The van der Waals surface area contributed by atoms with Gasteiger partial charge in [-0.05, 0) is 33.0 Å². The number of hydrogen-bond acceptors (Lipinski definition) is 3. The molecule has 112 valence electrons. The van der Waals surface area contributed by atoms with Gasteiger partial charge in [0.15, 0.2) is 0 Å². The summed E-state index contributed by atoms with van der Waals surface area (Å²) >= 11 is 0. The van der Waals surface area contributed by atoms with E-state index in [1.54, 1.807) is 11.7 Å². The molecule has 1 atom stereocenters. The molecule has 0 spiro atoms. The number of ether oxygens (including phenoxy) is 1. The molecule has 4 heteroatoms. The minimum Gasteiger partial charge on any atom is -0.496 e. The number of aromatic nitrogens is 1. The molecule has 0 amide bonds. The Morgan fingerprint density at radius 2 is 2.05 bits per heavy atom. The third-order valence-corrected chi connectivity index (χ3v) is 3.70. The van der Waals surface area contributed by atoms with E-state index < -0.39 is 0 Å². The van der Waals surface area contributed by atoms with Crippen molar-refractivity contribution >= 4 is 0 Å². The number of methoxy groups -OCH3 is 1. The molecule has 4 nitrogen and oxygen atoms in total. The maximum Gasteiger partial charge on any atom is 0.253 e. The van der Waals surface area contributed by atoms with Crippen molar-refractivity contribution in [3.63, 3.8) is 0 Å². The topological polar surface area (TPSA) is 43.3 Å². The lowest BCUT2D eigenvalue weighted by Gasteiger charge is -2.21. The second kappa shape index (κ2) is 6.59. The van der Waals surface area contributed by atoms with Crippen LogP contribution in [0.4, 0.5) is 0 Å². The molecule has 21 heavy (non-hydrogen) atoms. The molecule has 0 saturated carbocycles. The standard InChI is InChI=1S/C17H22N2O2/c1-12-7-8-16(21-4)14(10-12)15(18-3)11-19-9-5-6-13(2)17(19)20/h5-10,15,18H,11H2,1-4H3. The van der Waals surface area contributed by atoms with Crippen LogP contribution in [-0.4, -0.2) is 18.7 Å². The van der Waals surface area contributed by atoms with Crippen molar-refractivity contribution in [3.05, 3.63) is 63.6 Å². The first-order chi connectivity index (χ1) is 10.1. The average Bonchev–Trinajstić information content (AvgIpc) is 2.49. The van der Waals surface area contributed by atoms with Gasteiger partial charge in [-0.25, -0.2) is 0 Å². The van der Waals surface area contributed by atoms with Gasteiger partial charge >= 0.3 is 0 Å². The normalized spacial score (nSPS) is 12.2. The van der Waals surface area contributed by atoms with Crippen LogP contribution in [0.1, 0.15) is 22.7 Å². The van der Waals surface area contributed by atoms with E-state index in [-0.39, 0.29) is 11.6 Å². The number of likely N-dealkylation sites (N-methyl/N-ethyl adjacent to an activating group) is 1. The Morgan fingerprint density at radius 3 is 2.71 bits per heavy atom. The van der Waals surface area contributed by atoms with Crippen LogP contribution in [0.2, 0.25) is 0 Å². The zero-order valence-electron chi connectivity index (χ0n) is 13.0. The molecular weight excluding hydrogens is 264 g/mol. The lowest BCUT2D eigenvalue weighted by atomic mass is 10.0. The summed E-state index contributed by atoms with van der Waals surface area (Å²) in [6.07, 6.45) is 1.82. The van der Waals surface area contributed by atoms with E-state index >= 15 is 0 Å². The van der Waals surface area contributed by atoms with E-state index in [1.807, 2.05) is 44.4 Å². The zero-order chi connectivity index (χ0) is 15.4. The van der Waals surface area contributed by atoms with Crippen molar-refractivity contribution in [1.82, 2.24) is 9.88 Å². The van der Waals surface area contributed by atoms with Crippen molar-refractivity contribution < 1.29 is 4.74 Å². The van der Waals surface area contributed by atoms with Crippen LogP contribution in [0.15, 0.2) is 41.3 Å². The predicted octanol–water partition coefficient (Wildman–Crippen LogP) is 2.43. The Kier molecular flexibility index (Phi) is 4.81. The summed E-state index contributed by atoms with van der Waals surface area (Å²) in [6, 6.07) is 9.83. The van der Waals surface area contributed by atoms with Gasteiger partial charge in [0.1, 0.15) is 5.75 Å². The molecule has 2 rings (SSSR count). The van der Waals surface area contributed by atoms with Gasteiger partial charge in [0.05, 0.1) is 13.2 Å². The first-order valence-corrected chi connectivity index (χ1v) is 7.04. The fraction of sp³-hybridized carbons (Fsp3) is 0.353. The van der Waals surface area contributed by atoms with E-state index in [0.717, 1.165) is 16.9 Å². The zero-order valence-corrected chi connectivity index (χ0v) is 13.0. The molecule has 2 aromatic rings. The van der Waals surface area contributed by atoms with Crippen LogP contribution < -0.4 is 15.6 Å².